The van der Waals surface area contributed by atoms with Crippen LogP contribution in [-0.2, 0) is 9.53 Å². The normalized spacial score (nSPS) is 21.2. The van der Waals surface area contributed by atoms with Gasteiger partial charge in [-0.3, -0.25) is 14.5 Å². The van der Waals surface area contributed by atoms with Gasteiger partial charge in [0.25, 0.3) is 0 Å². The van der Waals surface area contributed by atoms with Gasteiger partial charge in [-0.1, -0.05) is 30.3 Å². The summed E-state index contributed by atoms with van der Waals surface area (Å²) in [5, 5.41) is 3.06. The van der Waals surface area contributed by atoms with Crippen molar-refractivity contribution < 1.29 is 14.3 Å². The molecule has 1 N–H and O–H groups in total. The van der Waals surface area contributed by atoms with Gasteiger partial charge in [0.2, 0.25) is 5.91 Å². The lowest BCUT2D eigenvalue weighted by Gasteiger charge is -2.20. The number of benzene rings is 1. The van der Waals surface area contributed by atoms with Gasteiger partial charge < -0.3 is 10.1 Å². The molecule has 0 spiro atoms. The van der Waals surface area contributed by atoms with Crippen molar-refractivity contribution in [2.45, 2.75) is 51.3 Å². The lowest BCUT2D eigenvalue weighted by atomic mass is 10.1. The fourth-order valence-electron chi connectivity index (χ4n) is 3.06. The highest BCUT2D eigenvalue weighted by Crippen LogP contribution is 2.16. The monoisotopic (exact) mass is 332 g/mol. The molecule has 1 saturated heterocycles. The van der Waals surface area contributed by atoms with Crippen LogP contribution in [0.15, 0.2) is 30.3 Å². The Morgan fingerprint density at radius 3 is 2.54 bits per heavy atom. The van der Waals surface area contributed by atoms with E-state index in [4.69, 9.17) is 4.74 Å². The van der Waals surface area contributed by atoms with Crippen molar-refractivity contribution in [3.8, 4) is 0 Å². The molecule has 132 valence electrons. The Balaban J connectivity index is 1.74. The number of hydrogen-bond acceptors (Lipinski definition) is 4. The number of methoxy groups -OCH3 is 1. The van der Waals surface area contributed by atoms with Gasteiger partial charge in [-0.2, -0.15) is 0 Å². The third kappa shape index (κ3) is 5.14. The first-order valence-electron chi connectivity index (χ1n) is 8.65. The number of carbonyl (C=O) groups excluding carboxylic acids is 2. The minimum Gasteiger partial charge on any atom is -0.378 e. The van der Waals surface area contributed by atoms with Crippen molar-refractivity contribution >= 4 is 11.7 Å². The zero-order valence-electron chi connectivity index (χ0n) is 14.8. The second-order valence-corrected chi connectivity index (χ2v) is 6.64. The Morgan fingerprint density at radius 1 is 1.21 bits per heavy atom. The molecule has 0 aromatic heterocycles. The second kappa shape index (κ2) is 8.94. The van der Waals surface area contributed by atoms with Crippen LogP contribution in [0.4, 0.5) is 0 Å². The Hall–Kier alpha value is -1.72. The molecule has 0 radical (unpaired) electrons. The van der Waals surface area contributed by atoms with E-state index >= 15 is 0 Å². The molecular weight excluding hydrogens is 304 g/mol. The van der Waals surface area contributed by atoms with Gasteiger partial charge in [-0.15, -0.1) is 0 Å². The van der Waals surface area contributed by atoms with E-state index in [1.807, 2.05) is 30.3 Å². The number of amides is 1. The van der Waals surface area contributed by atoms with E-state index in [9.17, 15) is 9.59 Å². The van der Waals surface area contributed by atoms with Crippen LogP contribution in [0.3, 0.4) is 0 Å². The summed E-state index contributed by atoms with van der Waals surface area (Å²) < 4.78 is 5.50. The third-order valence-electron chi connectivity index (χ3n) is 4.58. The molecule has 1 fully saturated rings. The lowest BCUT2D eigenvalue weighted by molar-refractivity contribution is -0.122. The maximum atomic E-state index is 12.2. The van der Waals surface area contributed by atoms with Gasteiger partial charge in [0.05, 0.1) is 12.1 Å². The smallest absolute Gasteiger partial charge is 0.220 e. The van der Waals surface area contributed by atoms with E-state index in [2.05, 4.69) is 24.1 Å². The van der Waals surface area contributed by atoms with E-state index in [1.54, 1.807) is 7.11 Å². The molecule has 1 aliphatic heterocycles. The van der Waals surface area contributed by atoms with Gasteiger partial charge in [0.1, 0.15) is 0 Å². The molecule has 0 unspecified atom stereocenters. The van der Waals surface area contributed by atoms with Crippen LogP contribution >= 0.6 is 0 Å². The minimum absolute atomic E-state index is 0.00600. The number of rotatable bonds is 8. The van der Waals surface area contributed by atoms with Crippen molar-refractivity contribution in [3.05, 3.63) is 35.9 Å². The largest absolute Gasteiger partial charge is 0.378 e. The first kappa shape index (κ1) is 18.6. The average molecular weight is 332 g/mol. The fourth-order valence-corrected chi connectivity index (χ4v) is 3.06. The number of carbonyl (C=O) groups is 2. The van der Waals surface area contributed by atoms with E-state index in [0.717, 1.165) is 13.1 Å². The Labute approximate surface area is 144 Å². The summed E-state index contributed by atoms with van der Waals surface area (Å²) >= 11 is 0. The van der Waals surface area contributed by atoms with E-state index < -0.39 is 0 Å². The Bertz CT molecular complexity index is 545. The maximum Gasteiger partial charge on any atom is 0.220 e. The zero-order valence-corrected chi connectivity index (χ0v) is 14.8. The fraction of sp³-hybridized carbons (Fsp3) is 0.579. The van der Waals surface area contributed by atoms with Gasteiger partial charge >= 0.3 is 0 Å². The molecule has 24 heavy (non-hydrogen) atoms. The van der Waals surface area contributed by atoms with E-state index in [1.165, 1.54) is 0 Å². The number of ketones is 1. The van der Waals surface area contributed by atoms with Crippen LogP contribution in [0.2, 0.25) is 0 Å². The highest BCUT2D eigenvalue weighted by atomic mass is 16.5. The zero-order chi connectivity index (χ0) is 17.5. The van der Waals surface area contributed by atoms with Gasteiger partial charge in [-0.05, 0) is 20.3 Å². The Morgan fingerprint density at radius 2 is 1.92 bits per heavy atom. The van der Waals surface area contributed by atoms with Crippen molar-refractivity contribution in [3.63, 3.8) is 0 Å². The van der Waals surface area contributed by atoms with Gasteiger partial charge in [-0.25, -0.2) is 0 Å². The molecule has 5 heteroatoms. The Kier molecular flexibility index (Phi) is 6.94. The minimum atomic E-state index is -0.00600. The van der Waals surface area contributed by atoms with Crippen LogP contribution in [0.5, 0.6) is 0 Å². The molecule has 1 heterocycles. The topological polar surface area (TPSA) is 58.6 Å². The number of Topliss-reactive ketones (excluding diaryl/α,β-unsaturated/α-hetero) is 1. The molecule has 1 aromatic carbocycles. The summed E-state index contributed by atoms with van der Waals surface area (Å²) in [6.07, 6.45) is 1.36. The van der Waals surface area contributed by atoms with Gasteiger partial charge in [0.15, 0.2) is 5.78 Å². The standard InChI is InChI=1S/C19H28N2O3/c1-14(2)21-12-16(18(13-21)24-3)20-19(23)11-7-10-17(22)15-8-5-4-6-9-15/h4-6,8-9,14,16,18H,7,10-13H2,1-3H3,(H,20,23)/t16-,18-/m1/s1. The molecular formula is C19H28N2O3. The molecule has 0 saturated carbocycles. The first-order chi connectivity index (χ1) is 11.5. The van der Waals surface area contributed by atoms with Crippen molar-refractivity contribution in [1.82, 2.24) is 10.2 Å². The van der Waals surface area contributed by atoms with Gasteiger partial charge in [0, 0.05) is 44.6 Å². The summed E-state index contributed by atoms with van der Waals surface area (Å²) in [7, 11) is 1.69. The number of nitrogens with zero attached hydrogens (tertiary/aromatic N) is 1. The van der Waals surface area contributed by atoms with Crippen molar-refractivity contribution in [2.75, 3.05) is 20.2 Å². The summed E-state index contributed by atoms with van der Waals surface area (Å²) in [6.45, 7) is 5.94. The van der Waals surface area contributed by atoms with Crippen LogP contribution < -0.4 is 5.32 Å². The van der Waals surface area contributed by atoms with Crippen LogP contribution in [0, 0.1) is 0 Å². The first-order valence-corrected chi connectivity index (χ1v) is 8.65. The van der Waals surface area contributed by atoms with E-state index in [-0.39, 0.29) is 23.8 Å². The number of likely N-dealkylation sites (tertiary alicyclic amines) is 1. The maximum absolute atomic E-state index is 12.2. The molecule has 1 aliphatic rings. The van der Waals surface area contributed by atoms with Crippen LogP contribution in [0.1, 0.15) is 43.5 Å². The molecule has 0 bridgehead atoms. The molecule has 5 nitrogen and oxygen atoms in total. The summed E-state index contributed by atoms with van der Waals surface area (Å²) in [4.78, 5) is 26.5. The molecule has 1 aromatic rings. The highest BCUT2D eigenvalue weighted by Gasteiger charge is 2.34. The molecule has 2 atom stereocenters. The third-order valence-corrected chi connectivity index (χ3v) is 4.58. The quantitative estimate of drug-likeness (QED) is 0.742. The summed E-state index contributed by atoms with van der Waals surface area (Å²) in [5.41, 5.74) is 0.709. The van der Waals surface area contributed by atoms with Crippen molar-refractivity contribution in [1.29, 1.82) is 0 Å². The second-order valence-electron chi connectivity index (χ2n) is 6.64. The average Bonchev–Trinajstić information content (AvgIpc) is 2.98. The number of nitrogens with one attached hydrogen (secondary N) is 1. The SMILES string of the molecule is CO[C@@H]1CN(C(C)C)C[C@H]1NC(=O)CCCC(=O)c1ccccc1. The van der Waals surface area contributed by atoms with Crippen LogP contribution in [0.25, 0.3) is 0 Å². The van der Waals surface area contributed by atoms with Crippen LogP contribution in [-0.4, -0.2) is 55.0 Å². The number of hydrogen-bond donors (Lipinski definition) is 1. The molecule has 1 amide bonds. The lowest BCUT2D eigenvalue weighted by Crippen LogP contribution is -2.43. The predicted octanol–water partition coefficient (Wildman–Crippen LogP) is 2.26. The summed E-state index contributed by atoms with van der Waals surface area (Å²) in [6, 6.07) is 9.67. The highest BCUT2D eigenvalue weighted by molar-refractivity contribution is 5.96. The molecule has 2 rings (SSSR count). The number of ether oxygens (including phenoxy) is 1. The van der Waals surface area contributed by atoms with E-state index in [0.29, 0.717) is 30.9 Å². The molecule has 0 aliphatic carbocycles. The van der Waals surface area contributed by atoms with Crippen molar-refractivity contribution in [2.24, 2.45) is 0 Å². The predicted molar refractivity (Wildman–Crippen MR) is 94.1 cm³/mol. The summed E-state index contributed by atoms with van der Waals surface area (Å²) in [5.74, 6) is 0.0820.